The van der Waals surface area contributed by atoms with E-state index < -0.39 is 16.1 Å². The highest BCUT2D eigenvalue weighted by Crippen LogP contribution is 2.52. The van der Waals surface area contributed by atoms with Gasteiger partial charge in [0.05, 0.1) is 33.5 Å². The van der Waals surface area contributed by atoms with E-state index in [1.54, 1.807) is 0 Å². The molecule has 4 nitrogen and oxygen atoms in total. The fourth-order valence-corrected chi connectivity index (χ4v) is 21.7. The molecule has 0 aliphatic carbocycles. The van der Waals surface area contributed by atoms with Crippen LogP contribution in [0.5, 0.6) is 0 Å². The molecule has 0 fully saturated rings. The fourth-order valence-electron chi connectivity index (χ4n) is 13.2. The van der Waals surface area contributed by atoms with Crippen molar-refractivity contribution in [1.29, 1.82) is 0 Å². The zero-order chi connectivity index (χ0) is 50.9. The molecule has 2 aliphatic rings. The normalized spacial score (nSPS) is 13.7. The summed E-state index contributed by atoms with van der Waals surface area (Å²) >= 11 is 0. The van der Waals surface area contributed by atoms with Crippen molar-refractivity contribution in [3.63, 3.8) is 0 Å². The first-order chi connectivity index (χ1) is 37.3. The first-order valence-electron chi connectivity index (χ1n) is 26.4. The molecule has 2 aromatic heterocycles. The minimum absolute atomic E-state index is 0.893. The molecule has 0 saturated heterocycles. The zero-order valence-corrected chi connectivity index (χ0v) is 44.8. The molecule has 6 heteroatoms. The Hall–Kier alpha value is -8.95. The number of fused-ring (bicyclic) bond motifs is 15. The molecule has 0 spiro atoms. The monoisotopic (exact) mass is 1010 g/mol. The molecule has 0 N–H and O–H groups in total. The highest BCUT2D eigenvalue weighted by molar-refractivity contribution is 7.13. The van der Waals surface area contributed by atoms with Crippen LogP contribution in [0, 0.1) is 0 Å². The van der Waals surface area contributed by atoms with Gasteiger partial charge in [0.1, 0.15) is 38.5 Å². The Morgan fingerprint density at radius 1 is 0.316 bits per heavy atom. The summed E-state index contributed by atoms with van der Waals surface area (Å²) in [5.74, 6) is 0. The Bertz CT molecular complexity index is 4180. The lowest BCUT2D eigenvalue weighted by molar-refractivity contribution is 0.670. The second-order valence-corrected chi connectivity index (χ2v) is 30.1. The van der Waals surface area contributed by atoms with Crippen LogP contribution >= 0.6 is 0 Å². The summed E-state index contributed by atoms with van der Waals surface area (Å²) in [7, 11) is -5.13. The average Bonchev–Trinajstić information content (AvgIpc) is 4.36. The van der Waals surface area contributed by atoms with Crippen LogP contribution in [-0.2, 0) is 0 Å². The quantitative estimate of drug-likeness (QED) is 0.142. The van der Waals surface area contributed by atoms with E-state index in [4.69, 9.17) is 8.83 Å². The van der Waals surface area contributed by atoms with Crippen LogP contribution in [-0.4, -0.2) is 16.1 Å². The van der Waals surface area contributed by atoms with Gasteiger partial charge in [-0.25, -0.2) is 0 Å². The van der Waals surface area contributed by atoms with E-state index in [1.165, 1.54) is 65.3 Å². The number of rotatable bonds is 8. The Kier molecular flexibility index (Phi) is 9.83. The molecule has 362 valence electrons. The lowest BCUT2D eigenvalue weighted by Crippen LogP contribution is -2.63. The molecule has 13 aromatic rings. The first-order valence-corrected chi connectivity index (χ1v) is 32.4. The number of nitrogens with zero attached hydrogens (tertiary/aromatic N) is 2. The van der Waals surface area contributed by atoms with Gasteiger partial charge in [-0.15, -0.1) is 0 Å². The third-order valence-electron chi connectivity index (χ3n) is 16.6. The molecule has 0 bridgehead atoms. The molecule has 4 heterocycles. The molecule has 11 aromatic carbocycles. The predicted molar refractivity (Wildman–Crippen MR) is 326 cm³/mol. The van der Waals surface area contributed by atoms with Crippen molar-refractivity contribution in [3.05, 3.63) is 243 Å². The molecular weight excluding hydrogens is 957 g/mol. The third kappa shape index (κ3) is 6.41. The summed E-state index contributed by atoms with van der Waals surface area (Å²) in [6.45, 7) is 10.4. The van der Waals surface area contributed by atoms with Crippen LogP contribution in [0.15, 0.2) is 251 Å². The summed E-state index contributed by atoms with van der Waals surface area (Å²) in [5, 5.41) is 10.3. The van der Waals surface area contributed by atoms with Crippen LogP contribution in [0.25, 0.3) is 88.4 Å². The Morgan fingerprint density at radius 2 is 0.658 bits per heavy atom. The van der Waals surface area contributed by atoms with E-state index in [2.05, 4.69) is 279 Å². The number of hydrogen-bond acceptors (Lipinski definition) is 4. The number of anilines is 6. The van der Waals surface area contributed by atoms with Crippen LogP contribution in [0.3, 0.4) is 0 Å². The third-order valence-corrected chi connectivity index (χ3v) is 23.8. The lowest BCUT2D eigenvalue weighted by Gasteiger charge is -2.31. The van der Waals surface area contributed by atoms with E-state index in [0.29, 0.717) is 0 Å². The highest BCUT2D eigenvalue weighted by Gasteiger charge is 2.50. The smallest absolute Gasteiger partial charge is 0.145 e. The van der Waals surface area contributed by atoms with E-state index in [9.17, 15) is 0 Å². The summed E-state index contributed by atoms with van der Waals surface area (Å²) in [5.41, 5.74) is 20.2. The van der Waals surface area contributed by atoms with E-state index in [0.717, 1.165) is 78.0 Å². The van der Waals surface area contributed by atoms with Gasteiger partial charge in [-0.05, 0) is 104 Å². The maximum atomic E-state index is 7.30. The number of benzene rings is 11. The molecule has 76 heavy (non-hydrogen) atoms. The van der Waals surface area contributed by atoms with Crippen LogP contribution in [0.2, 0.25) is 26.2 Å². The van der Waals surface area contributed by atoms with Gasteiger partial charge < -0.3 is 18.6 Å². The van der Waals surface area contributed by atoms with E-state index in [1.807, 2.05) is 0 Å². The summed E-state index contributed by atoms with van der Waals surface area (Å²) < 4.78 is 14.6. The van der Waals surface area contributed by atoms with Crippen molar-refractivity contribution in [2.24, 2.45) is 0 Å². The Morgan fingerprint density at radius 3 is 1.07 bits per heavy atom. The highest BCUT2D eigenvalue weighted by atomic mass is 28.3. The van der Waals surface area contributed by atoms with E-state index in [-0.39, 0.29) is 0 Å². The van der Waals surface area contributed by atoms with E-state index >= 15 is 0 Å². The molecule has 0 amide bonds. The average molecular weight is 1010 g/mol. The molecule has 0 radical (unpaired) electrons. The second-order valence-electron chi connectivity index (χ2n) is 21.5. The van der Waals surface area contributed by atoms with Crippen LogP contribution < -0.4 is 30.5 Å². The fraction of sp³-hybridized carbons (Fsp3) is 0.0571. The minimum atomic E-state index is -2.57. The van der Waals surface area contributed by atoms with Crippen molar-refractivity contribution < 1.29 is 8.83 Å². The summed E-state index contributed by atoms with van der Waals surface area (Å²) in [6.07, 6.45) is 0. The van der Waals surface area contributed by atoms with Crippen molar-refractivity contribution in [2.75, 3.05) is 9.80 Å². The van der Waals surface area contributed by atoms with Crippen LogP contribution in [0.4, 0.5) is 34.1 Å². The van der Waals surface area contributed by atoms with Crippen molar-refractivity contribution in [1.82, 2.24) is 0 Å². The molecule has 0 atom stereocenters. The van der Waals surface area contributed by atoms with Gasteiger partial charge in [0.2, 0.25) is 0 Å². The molecular formula is C70H52N2O2Si2. The Labute approximate surface area is 444 Å². The largest absolute Gasteiger partial charge is 0.455 e. The first kappa shape index (κ1) is 44.5. The van der Waals surface area contributed by atoms with Gasteiger partial charge in [0, 0.05) is 44.4 Å². The number of hydrogen-bond donors (Lipinski definition) is 0. The van der Waals surface area contributed by atoms with Crippen LogP contribution in [0.1, 0.15) is 0 Å². The maximum Gasteiger partial charge on any atom is 0.145 e. The molecule has 0 saturated carbocycles. The maximum absolute atomic E-state index is 7.30. The lowest BCUT2D eigenvalue weighted by atomic mass is 9.95. The number of furan rings is 2. The van der Waals surface area contributed by atoms with Crippen molar-refractivity contribution in [3.8, 4) is 44.5 Å². The topological polar surface area (TPSA) is 32.8 Å². The predicted octanol–water partition coefficient (Wildman–Crippen LogP) is 17.4. The standard InChI is InChI=1S/C70H52N2O2Si2/c1-75(2)61-43-57(71(47-29-13-7-14-30-47)55-37-21-17-33-49(55)45-25-9-5-10-26-45)63-51-35-19-23-39-59(51)73-67(63)65(61)53-41-42-54-66-62(76(3,4)70(54)69(53)75)44-58(64-52-36-20-24-40-60(52)74-68(64)66)72(48-31-15-8-16-32-48)56-38-22-18-34-50(56)46-27-11-6-12-28-46/h5-44H,1-4H3. The second kappa shape index (κ2) is 16.8. The van der Waals surface area contributed by atoms with Gasteiger partial charge in [0.25, 0.3) is 0 Å². The summed E-state index contributed by atoms with van der Waals surface area (Å²) in [4.78, 5) is 4.99. The Balaban J connectivity index is 0.997. The summed E-state index contributed by atoms with van der Waals surface area (Å²) in [6, 6.07) is 88.4. The SMILES string of the molecule is C[Si]1(C)c2cc(N(c3ccccc3)c3ccccc3-c3ccccc3)c3c(oc4ccccc43)c2-c2ccc3c(c21)[Si](C)(C)c1cc(N(c2ccccc2)c2ccccc2-c2ccccc2)c2c(oc4ccccc42)c1-3. The molecule has 15 rings (SSSR count). The molecule has 2 aliphatic heterocycles. The van der Waals surface area contributed by atoms with Crippen molar-refractivity contribution in [2.45, 2.75) is 26.2 Å². The molecule has 0 unspecified atom stereocenters. The van der Waals surface area contributed by atoms with Gasteiger partial charge >= 0.3 is 0 Å². The van der Waals surface area contributed by atoms with Crippen molar-refractivity contribution >= 4 is 115 Å². The zero-order valence-electron chi connectivity index (χ0n) is 42.8. The van der Waals surface area contributed by atoms with Gasteiger partial charge in [-0.3, -0.25) is 0 Å². The van der Waals surface area contributed by atoms with Gasteiger partial charge in [-0.2, -0.15) is 0 Å². The van der Waals surface area contributed by atoms with Gasteiger partial charge in [0.15, 0.2) is 0 Å². The number of para-hydroxylation sites is 6. The minimum Gasteiger partial charge on any atom is -0.455 e. The van der Waals surface area contributed by atoms with Gasteiger partial charge in [-0.1, -0.05) is 208 Å².